The highest BCUT2D eigenvalue weighted by atomic mass is 32.2. The molecule has 14 heavy (non-hydrogen) atoms. The van der Waals surface area contributed by atoms with Crippen molar-refractivity contribution in [3.05, 3.63) is 0 Å². The second-order valence-corrected chi connectivity index (χ2v) is 5.00. The molecule has 0 aliphatic rings. The molecule has 0 heterocycles. The third-order valence-corrected chi connectivity index (χ3v) is 3.50. The molecule has 0 amide bonds. The largest absolute Gasteiger partial charge is 0.355 e. The third kappa shape index (κ3) is 6.48. The molecular formula is C9H21NO3S. The SMILES string of the molecule is COC(CNCCC(C)S(C)=O)OC. The average molecular weight is 223 g/mol. The van der Waals surface area contributed by atoms with Crippen molar-refractivity contribution in [2.75, 3.05) is 33.6 Å². The first-order valence-corrected chi connectivity index (χ1v) is 6.32. The fourth-order valence-corrected chi connectivity index (χ4v) is 1.40. The van der Waals surface area contributed by atoms with Gasteiger partial charge in [-0.1, -0.05) is 6.92 Å². The van der Waals surface area contributed by atoms with Crippen molar-refractivity contribution in [1.29, 1.82) is 0 Å². The lowest BCUT2D eigenvalue weighted by atomic mass is 10.3. The van der Waals surface area contributed by atoms with Gasteiger partial charge in [0.05, 0.1) is 0 Å². The Labute approximate surface area is 88.8 Å². The van der Waals surface area contributed by atoms with Crippen LogP contribution in [0.15, 0.2) is 0 Å². The summed E-state index contributed by atoms with van der Waals surface area (Å²) < 4.78 is 21.0. The van der Waals surface area contributed by atoms with Crippen molar-refractivity contribution in [3.63, 3.8) is 0 Å². The van der Waals surface area contributed by atoms with Crippen LogP contribution in [0.3, 0.4) is 0 Å². The molecule has 0 saturated heterocycles. The van der Waals surface area contributed by atoms with Gasteiger partial charge in [0.1, 0.15) is 0 Å². The van der Waals surface area contributed by atoms with Gasteiger partial charge in [0.2, 0.25) is 0 Å². The summed E-state index contributed by atoms with van der Waals surface area (Å²) in [5.74, 6) is 0. The van der Waals surface area contributed by atoms with Crippen LogP contribution in [0.2, 0.25) is 0 Å². The van der Waals surface area contributed by atoms with Gasteiger partial charge in [0.15, 0.2) is 6.29 Å². The van der Waals surface area contributed by atoms with Crippen molar-refractivity contribution in [2.45, 2.75) is 24.9 Å². The maximum atomic E-state index is 11.0. The topological polar surface area (TPSA) is 47.6 Å². The van der Waals surface area contributed by atoms with E-state index in [0.29, 0.717) is 6.54 Å². The van der Waals surface area contributed by atoms with Gasteiger partial charge in [-0.25, -0.2) is 0 Å². The number of hydrogen-bond acceptors (Lipinski definition) is 4. The summed E-state index contributed by atoms with van der Waals surface area (Å²) in [5.41, 5.74) is 0. The Balaban J connectivity index is 3.41. The lowest BCUT2D eigenvalue weighted by Gasteiger charge is -2.14. The van der Waals surface area contributed by atoms with Gasteiger partial charge >= 0.3 is 0 Å². The van der Waals surface area contributed by atoms with E-state index >= 15 is 0 Å². The Hall–Kier alpha value is 0.0300. The van der Waals surface area contributed by atoms with Crippen LogP contribution < -0.4 is 5.32 Å². The normalized spacial score (nSPS) is 15.8. The van der Waals surface area contributed by atoms with Gasteiger partial charge in [0.25, 0.3) is 0 Å². The number of rotatable bonds is 8. The smallest absolute Gasteiger partial charge is 0.169 e. The van der Waals surface area contributed by atoms with Crippen LogP contribution in [-0.4, -0.2) is 49.3 Å². The molecule has 86 valence electrons. The van der Waals surface area contributed by atoms with Crippen molar-refractivity contribution in [2.24, 2.45) is 0 Å². The summed E-state index contributed by atoms with van der Waals surface area (Å²) in [6, 6.07) is 0. The zero-order valence-electron chi connectivity index (χ0n) is 9.41. The van der Waals surface area contributed by atoms with Crippen LogP contribution in [0, 0.1) is 0 Å². The van der Waals surface area contributed by atoms with E-state index in [4.69, 9.17) is 9.47 Å². The molecule has 4 nitrogen and oxygen atoms in total. The van der Waals surface area contributed by atoms with Crippen molar-refractivity contribution < 1.29 is 13.7 Å². The molecule has 2 atom stereocenters. The molecule has 5 heteroatoms. The van der Waals surface area contributed by atoms with Gasteiger partial charge in [-0.15, -0.1) is 0 Å². The quantitative estimate of drug-likeness (QED) is 0.476. The highest BCUT2D eigenvalue weighted by Gasteiger charge is 2.07. The first-order chi connectivity index (χ1) is 6.61. The monoisotopic (exact) mass is 223 g/mol. The minimum absolute atomic E-state index is 0.197. The average Bonchev–Trinajstić information content (AvgIpc) is 2.17. The predicted octanol–water partition coefficient (Wildman–Crippen LogP) is 0.352. The Bertz CT molecular complexity index is 162. The van der Waals surface area contributed by atoms with E-state index in [1.807, 2.05) is 6.92 Å². The first kappa shape index (κ1) is 14.0. The first-order valence-electron chi connectivity index (χ1n) is 4.70. The fraction of sp³-hybridized carbons (Fsp3) is 1.00. The summed E-state index contributed by atoms with van der Waals surface area (Å²) >= 11 is 0. The standard InChI is InChI=1S/C9H21NO3S/c1-8(14(4)11)5-6-10-7-9(12-2)13-3/h8-10H,5-7H2,1-4H3. The summed E-state index contributed by atoms with van der Waals surface area (Å²) in [7, 11) is 2.49. The zero-order chi connectivity index (χ0) is 11.0. The molecule has 1 N–H and O–H groups in total. The molecule has 0 aliphatic heterocycles. The van der Waals surface area contributed by atoms with Gasteiger partial charge < -0.3 is 14.8 Å². The highest BCUT2D eigenvalue weighted by molar-refractivity contribution is 7.84. The lowest BCUT2D eigenvalue weighted by Crippen LogP contribution is -2.31. The molecule has 0 fully saturated rings. The lowest BCUT2D eigenvalue weighted by molar-refractivity contribution is -0.0986. The number of ether oxygens (including phenoxy) is 2. The third-order valence-electron chi connectivity index (χ3n) is 2.13. The van der Waals surface area contributed by atoms with E-state index in [-0.39, 0.29) is 11.5 Å². The van der Waals surface area contributed by atoms with Gasteiger partial charge in [-0.3, -0.25) is 4.21 Å². The van der Waals surface area contributed by atoms with E-state index in [1.165, 1.54) is 0 Å². The second kappa shape index (κ2) is 8.35. The second-order valence-electron chi connectivity index (χ2n) is 3.20. The van der Waals surface area contributed by atoms with Crippen LogP contribution in [0.25, 0.3) is 0 Å². The predicted molar refractivity (Wildman–Crippen MR) is 58.8 cm³/mol. The molecule has 0 spiro atoms. The Morgan fingerprint density at radius 1 is 1.36 bits per heavy atom. The molecule has 0 aromatic rings. The van der Waals surface area contributed by atoms with Crippen LogP contribution in [0.4, 0.5) is 0 Å². The Morgan fingerprint density at radius 3 is 2.36 bits per heavy atom. The molecule has 0 radical (unpaired) electrons. The molecule has 0 aromatic heterocycles. The molecule has 0 rings (SSSR count). The van der Waals surface area contributed by atoms with Gasteiger partial charge in [0, 0.05) is 43.1 Å². The van der Waals surface area contributed by atoms with E-state index < -0.39 is 10.8 Å². The van der Waals surface area contributed by atoms with Gasteiger partial charge in [-0.05, 0) is 13.0 Å². The molecule has 0 bridgehead atoms. The zero-order valence-corrected chi connectivity index (χ0v) is 10.2. The minimum Gasteiger partial charge on any atom is -0.355 e. The highest BCUT2D eigenvalue weighted by Crippen LogP contribution is 1.97. The minimum atomic E-state index is -0.731. The maximum Gasteiger partial charge on any atom is 0.169 e. The van der Waals surface area contributed by atoms with Crippen LogP contribution in [0.5, 0.6) is 0 Å². The number of hydrogen-bond donors (Lipinski definition) is 1. The number of methoxy groups -OCH3 is 2. The van der Waals surface area contributed by atoms with Crippen LogP contribution in [-0.2, 0) is 20.3 Å². The molecule has 0 saturated carbocycles. The van der Waals surface area contributed by atoms with E-state index in [0.717, 1.165) is 13.0 Å². The summed E-state index contributed by atoms with van der Waals surface area (Å²) in [6.45, 7) is 3.49. The summed E-state index contributed by atoms with van der Waals surface area (Å²) in [5, 5.41) is 3.43. The molecule has 2 unspecified atom stereocenters. The molecule has 0 aliphatic carbocycles. The Morgan fingerprint density at radius 2 is 1.93 bits per heavy atom. The maximum absolute atomic E-state index is 11.0. The van der Waals surface area contributed by atoms with Crippen LogP contribution >= 0.6 is 0 Å². The van der Waals surface area contributed by atoms with E-state index in [2.05, 4.69) is 5.32 Å². The van der Waals surface area contributed by atoms with Crippen molar-refractivity contribution in [1.82, 2.24) is 5.32 Å². The fourth-order valence-electron chi connectivity index (χ4n) is 0.954. The van der Waals surface area contributed by atoms with E-state index in [9.17, 15) is 4.21 Å². The molecule has 0 aromatic carbocycles. The summed E-state index contributed by atoms with van der Waals surface area (Å²) in [4.78, 5) is 0. The van der Waals surface area contributed by atoms with Crippen LogP contribution in [0.1, 0.15) is 13.3 Å². The molecular weight excluding hydrogens is 202 g/mol. The van der Waals surface area contributed by atoms with E-state index in [1.54, 1.807) is 20.5 Å². The van der Waals surface area contributed by atoms with Crippen molar-refractivity contribution >= 4 is 10.8 Å². The Kier molecular flexibility index (Phi) is 8.37. The summed E-state index contributed by atoms with van der Waals surface area (Å²) in [6.07, 6.45) is 2.44. The van der Waals surface area contributed by atoms with Gasteiger partial charge in [-0.2, -0.15) is 0 Å². The number of nitrogens with one attached hydrogen (secondary N) is 1. The van der Waals surface area contributed by atoms with Crippen molar-refractivity contribution in [3.8, 4) is 0 Å².